The molecule has 0 aromatic heterocycles. The van der Waals surface area contributed by atoms with Crippen molar-refractivity contribution in [3.05, 3.63) is 35.6 Å². The number of carboxylic acids is 1. The first-order valence-electron chi connectivity index (χ1n) is 7.33. The van der Waals surface area contributed by atoms with Crippen LogP contribution >= 0.6 is 0 Å². The smallest absolute Gasteiger partial charge is 0.433 e. The van der Waals surface area contributed by atoms with Crippen molar-refractivity contribution < 1.29 is 36.2 Å². The molecule has 1 N–H and O–H groups in total. The van der Waals surface area contributed by atoms with Crippen LogP contribution in [0, 0.1) is 11.7 Å². The minimum absolute atomic E-state index is 0.479. The Bertz CT molecular complexity index is 623. The quantitative estimate of drug-likeness (QED) is 0.559. The molecule has 25 heavy (non-hydrogen) atoms. The van der Waals surface area contributed by atoms with Gasteiger partial charge >= 0.3 is 12.1 Å². The number of carbonyl (C=O) groups is 1. The molecule has 0 saturated heterocycles. The molecule has 0 radical (unpaired) electrons. The van der Waals surface area contributed by atoms with E-state index in [-0.39, 0.29) is 0 Å². The molecule has 0 aliphatic carbocycles. The number of alkyl halides is 5. The van der Waals surface area contributed by atoms with Gasteiger partial charge in [0.15, 0.2) is 6.04 Å². The SMILES string of the molecule is CC(C)CC(F)(F)CC(N=C(c1ccc(F)cc1)C(F)(F)F)C(=O)O. The second-order valence-electron chi connectivity index (χ2n) is 5.99. The fraction of sp³-hybridized carbons (Fsp3) is 0.500. The van der Waals surface area contributed by atoms with Crippen LogP contribution in [0.2, 0.25) is 0 Å². The van der Waals surface area contributed by atoms with Crippen molar-refractivity contribution in [1.29, 1.82) is 0 Å². The van der Waals surface area contributed by atoms with Crippen LogP contribution in [-0.4, -0.2) is 34.9 Å². The van der Waals surface area contributed by atoms with Crippen LogP contribution in [0.5, 0.6) is 0 Å². The lowest BCUT2D eigenvalue weighted by Crippen LogP contribution is -2.33. The van der Waals surface area contributed by atoms with Gasteiger partial charge in [0.1, 0.15) is 11.5 Å². The van der Waals surface area contributed by atoms with Gasteiger partial charge in [0.25, 0.3) is 5.92 Å². The number of aliphatic carboxylic acids is 1. The second-order valence-corrected chi connectivity index (χ2v) is 5.99. The Hall–Kier alpha value is -2.06. The van der Waals surface area contributed by atoms with Gasteiger partial charge in [-0.2, -0.15) is 13.2 Å². The maximum Gasteiger partial charge on any atom is 0.433 e. The molecule has 9 heteroatoms. The van der Waals surface area contributed by atoms with Gasteiger partial charge in [0, 0.05) is 18.4 Å². The first-order chi connectivity index (χ1) is 11.3. The molecule has 0 aliphatic rings. The molecular weight excluding hydrogens is 352 g/mol. The van der Waals surface area contributed by atoms with Gasteiger partial charge in [0.2, 0.25) is 0 Å². The highest BCUT2D eigenvalue weighted by molar-refractivity contribution is 6.05. The van der Waals surface area contributed by atoms with E-state index in [0.717, 1.165) is 24.3 Å². The van der Waals surface area contributed by atoms with Crippen molar-refractivity contribution >= 4 is 11.7 Å². The molecule has 0 amide bonds. The summed E-state index contributed by atoms with van der Waals surface area (Å²) in [6.45, 7) is 2.96. The van der Waals surface area contributed by atoms with Crippen molar-refractivity contribution in [2.75, 3.05) is 0 Å². The first kappa shape index (κ1) is 21.0. The monoisotopic (exact) mass is 369 g/mol. The molecule has 1 atom stereocenters. The third-order valence-electron chi connectivity index (χ3n) is 3.16. The van der Waals surface area contributed by atoms with E-state index in [1.54, 1.807) is 0 Å². The number of carboxylic acid groups (broad SMARTS) is 1. The van der Waals surface area contributed by atoms with Gasteiger partial charge in [-0.25, -0.2) is 18.0 Å². The molecule has 1 aromatic carbocycles. The second kappa shape index (κ2) is 7.88. The van der Waals surface area contributed by atoms with E-state index in [2.05, 4.69) is 4.99 Å². The Morgan fingerprint density at radius 2 is 1.60 bits per heavy atom. The molecule has 1 aromatic rings. The standard InChI is InChI=1S/C16H17F6NO2/c1-9(2)7-15(18,19)8-12(14(24)25)23-13(16(20,21)22)10-3-5-11(17)6-4-10/h3-6,9,12H,7-8H2,1-2H3,(H,24,25). The molecular formula is C16H17F6NO2. The lowest BCUT2D eigenvalue weighted by atomic mass is 9.99. The van der Waals surface area contributed by atoms with Crippen LogP contribution in [0.15, 0.2) is 29.3 Å². The third-order valence-corrected chi connectivity index (χ3v) is 3.16. The number of benzene rings is 1. The van der Waals surface area contributed by atoms with Gasteiger partial charge in [0.05, 0.1) is 0 Å². The Kier molecular flexibility index (Phi) is 6.61. The number of hydrogen-bond acceptors (Lipinski definition) is 2. The van der Waals surface area contributed by atoms with Crippen molar-refractivity contribution in [3.8, 4) is 0 Å². The van der Waals surface area contributed by atoms with Crippen molar-refractivity contribution in [2.45, 2.75) is 44.8 Å². The highest BCUT2D eigenvalue weighted by Gasteiger charge is 2.41. The number of hydrogen-bond donors (Lipinski definition) is 1. The van der Waals surface area contributed by atoms with Crippen LogP contribution in [0.1, 0.15) is 32.3 Å². The highest BCUT2D eigenvalue weighted by atomic mass is 19.4. The molecule has 0 spiro atoms. The fourth-order valence-electron chi connectivity index (χ4n) is 2.23. The van der Waals surface area contributed by atoms with Crippen LogP contribution in [0.3, 0.4) is 0 Å². The molecule has 1 unspecified atom stereocenters. The summed E-state index contributed by atoms with van der Waals surface area (Å²) < 4.78 is 80.0. The zero-order valence-corrected chi connectivity index (χ0v) is 13.4. The fourth-order valence-corrected chi connectivity index (χ4v) is 2.23. The van der Waals surface area contributed by atoms with Gasteiger partial charge in [-0.1, -0.05) is 13.8 Å². The maximum absolute atomic E-state index is 13.8. The Balaban J connectivity index is 3.26. The summed E-state index contributed by atoms with van der Waals surface area (Å²) in [6, 6.07) is 0.703. The van der Waals surface area contributed by atoms with Crippen molar-refractivity contribution in [3.63, 3.8) is 0 Å². The number of halogens is 6. The number of aliphatic imine (C=N–C) groups is 1. The van der Waals surface area contributed by atoms with Gasteiger partial charge in [-0.15, -0.1) is 0 Å². The summed E-state index contributed by atoms with van der Waals surface area (Å²) in [4.78, 5) is 14.2. The molecule has 0 fully saturated rings. The summed E-state index contributed by atoms with van der Waals surface area (Å²) in [5.74, 6) is -6.66. The van der Waals surface area contributed by atoms with Crippen molar-refractivity contribution in [2.24, 2.45) is 10.9 Å². The van der Waals surface area contributed by atoms with Gasteiger partial charge in [-0.3, -0.25) is 4.99 Å². The lowest BCUT2D eigenvalue weighted by Gasteiger charge is -2.21. The predicted octanol–water partition coefficient (Wildman–Crippen LogP) is 4.70. The van der Waals surface area contributed by atoms with Crippen LogP contribution in [0.4, 0.5) is 26.3 Å². The summed E-state index contributed by atoms with van der Waals surface area (Å²) >= 11 is 0. The zero-order chi connectivity index (χ0) is 19.4. The Labute approximate surface area is 140 Å². The summed E-state index contributed by atoms with van der Waals surface area (Å²) in [5, 5.41) is 9.01. The van der Waals surface area contributed by atoms with E-state index >= 15 is 0 Å². The molecule has 0 bridgehead atoms. The summed E-state index contributed by atoms with van der Waals surface area (Å²) in [6.07, 6.45) is -7.12. The maximum atomic E-state index is 13.8. The average molecular weight is 369 g/mol. The minimum Gasteiger partial charge on any atom is -0.480 e. The van der Waals surface area contributed by atoms with E-state index < -0.39 is 60.0 Å². The molecule has 0 heterocycles. The van der Waals surface area contributed by atoms with E-state index in [9.17, 15) is 31.1 Å². The highest BCUT2D eigenvalue weighted by Crippen LogP contribution is 2.31. The van der Waals surface area contributed by atoms with Crippen LogP contribution in [0.25, 0.3) is 0 Å². The van der Waals surface area contributed by atoms with E-state index in [1.807, 2.05) is 0 Å². The first-order valence-corrected chi connectivity index (χ1v) is 7.33. The average Bonchev–Trinajstić information content (AvgIpc) is 2.41. The van der Waals surface area contributed by atoms with Gasteiger partial charge in [-0.05, 0) is 30.2 Å². The zero-order valence-electron chi connectivity index (χ0n) is 13.4. The lowest BCUT2D eigenvalue weighted by molar-refractivity contribution is -0.141. The normalized spacial score (nSPS) is 14.7. The largest absolute Gasteiger partial charge is 0.480 e. The predicted molar refractivity (Wildman–Crippen MR) is 79.4 cm³/mol. The number of rotatable bonds is 7. The Morgan fingerprint density at radius 1 is 1.08 bits per heavy atom. The summed E-state index contributed by atoms with van der Waals surface area (Å²) in [5.41, 5.74) is -2.24. The topological polar surface area (TPSA) is 49.7 Å². The molecule has 3 nitrogen and oxygen atoms in total. The van der Waals surface area contributed by atoms with Gasteiger partial charge < -0.3 is 5.11 Å². The van der Waals surface area contributed by atoms with Crippen LogP contribution in [-0.2, 0) is 4.79 Å². The molecule has 1 rings (SSSR count). The van der Waals surface area contributed by atoms with E-state index in [4.69, 9.17) is 5.11 Å². The summed E-state index contributed by atoms with van der Waals surface area (Å²) in [7, 11) is 0. The third kappa shape index (κ3) is 6.75. The van der Waals surface area contributed by atoms with E-state index in [0.29, 0.717) is 0 Å². The van der Waals surface area contributed by atoms with Crippen LogP contribution < -0.4 is 0 Å². The van der Waals surface area contributed by atoms with E-state index in [1.165, 1.54) is 13.8 Å². The molecule has 0 aliphatic heterocycles. The van der Waals surface area contributed by atoms with Crippen molar-refractivity contribution in [1.82, 2.24) is 0 Å². The molecule has 0 saturated carbocycles. The Morgan fingerprint density at radius 3 is 2.00 bits per heavy atom. The number of nitrogens with zero attached hydrogens (tertiary/aromatic N) is 1. The minimum atomic E-state index is -5.08. The molecule has 140 valence electrons.